The molecule has 1 unspecified atom stereocenters. The highest BCUT2D eigenvalue weighted by molar-refractivity contribution is 6.11. The predicted octanol–water partition coefficient (Wildman–Crippen LogP) is -1.00. The van der Waals surface area contributed by atoms with Crippen LogP contribution >= 0.6 is 0 Å². The van der Waals surface area contributed by atoms with E-state index in [-0.39, 0.29) is 40.8 Å². The monoisotopic (exact) mass is 348 g/mol. The lowest BCUT2D eigenvalue weighted by Gasteiger charge is -2.29. The summed E-state index contributed by atoms with van der Waals surface area (Å²) in [6.07, 6.45) is -1.36. The third kappa shape index (κ3) is 3.56. The zero-order valence-electron chi connectivity index (χ0n) is 14.1. The van der Waals surface area contributed by atoms with Crippen LogP contribution < -0.4 is 16.0 Å². The number of aliphatic hydroxyl groups excluding tert-OH is 1. The maximum atomic E-state index is 12.0. The molecule has 1 atom stereocenters. The van der Waals surface area contributed by atoms with Crippen molar-refractivity contribution in [3.8, 4) is 5.75 Å². The van der Waals surface area contributed by atoms with Gasteiger partial charge >= 0.3 is 0 Å². The topological polar surface area (TPSA) is 131 Å². The van der Waals surface area contributed by atoms with Crippen LogP contribution in [0.3, 0.4) is 0 Å². The zero-order chi connectivity index (χ0) is 18.7. The highest BCUT2D eigenvalue weighted by atomic mass is 16.3. The van der Waals surface area contributed by atoms with E-state index in [0.717, 1.165) is 0 Å². The van der Waals surface area contributed by atoms with Gasteiger partial charge in [-0.05, 0) is 12.1 Å². The predicted molar refractivity (Wildman–Crippen MR) is 89.9 cm³/mol. The van der Waals surface area contributed by atoms with Gasteiger partial charge in [0.2, 0.25) is 11.7 Å². The lowest BCUT2D eigenvalue weighted by molar-refractivity contribution is -0.125. The Morgan fingerprint density at radius 1 is 1.28 bits per heavy atom. The van der Waals surface area contributed by atoms with Crippen molar-refractivity contribution in [1.29, 1.82) is 0 Å². The number of nitrogens with zero attached hydrogens (tertiary/aromatic N) is 1. The number of hydrogen-bond donors (Lipinski definition) is 5. The number of hydrogen-bond acceptors (Lipinski definition) is 7. The molecule has 9 heteroatoms. The third-order valence-corrected chi connectivity index (χ3v) is 3.69. The Labute approximate surface area is 144 Å². The van der Waals surface area contributed by atoms with Gasteiger partial charge in [0.15, 0.2) is 11.9 Å². The molecule has 2 rings (SSSR count). The number of para-hydroxylation sites is 1. The number of carbonyl (C=O) groups excluding carboxylic acids is 3. The smallest absolute Gasteiger partial charge is 0.257 e. The first-order valence-corrected chi connectivity index (χ1v) is 7.49. The maximum Gasteiger partial charge on any atom is 0.257 e. The molecule has 0 aromatic heterocycles. The van der Waals surface area contributed by atoms with Gasteiger partial charge in [0.25, 0.3) is 5.91 Å². The first kappa shape index (κ1) is 18.3. The number of phenols is 1. The number of aliphatic hydroxyl groups is 1. The Morgan fingerprint density at radius 3 is 2.56 bits per heavy atom. The number of nitrogens with one attached hydrogen (secondary N) is 3. The summed E-state index contributed by atoms with van der Waals surface area (Å²) in [5.74, 6) is -1.61. The molecule has 25 heavy (non-hydrogen) atoms. The molecule has 0 bridgehead atoms. The Balaban J connectivity index is 2.27. The molecule has 0 fully saturated rings. The van der Waals surface area contributed by atoms with E-state index in [9.17, 15) is 24.6 Å². The van der Waals surface area contributed by atoms with Crippen molar-refractivity contribution in [2.24, 2.45) is 0 Å². The van der Waals surface area contributed by atoms with Crippen LogP contribution in [0.15, 0.2) is 29.6 Å². The average molecular weight is 348 g/mol. The van der Waals surface area contributed by atoms with E-state index in [1.165, 1.54) is 24.1 Å². The van der Waals surface area contributed by atoms with Crippen LogP contribution in [-0.4, -0.2) is 66.5 Å². The molecule has 1 aliphatic carbocycles. The number of aromatic hydroxyl groups is 1. The summed E-state index contributed by atoms with van der Waals surface area (Å²) in [7, 11) is 4.57. The minimum Gasteiger partial charge on any atom is -0.505 e. The second-order valence-corrected chi connectivity index (χ2v) is 5.61. The van der Waals surface area contributed by atoms with Crippen molar-refractivity contribution in [3.63, 3.8) is 0 Å². The molecule has 0 aliphatic heterocycles. The summed E-state index contributed by atoms with van der Waals surface area (Å²) in [6.45, 7) is -0.119. The molecule has 0 heterocycles. The normalized spacial score (nSPS) is 16.2. The van der Waals surface area contributed by atoms with E-state index in [1.807, 2.05) is 0 Å². The van der Waals surface area contributed by atoms with Gasteiger partial charge < -0.3 is 31.1 Å². The number of anilines is 1. The maximum absolute atomic E-state index is 12.0. The molecule has 134 valence electrons. The van der Waals surface area contributed by atoms with Crippen LogP contribution in [0.5, 0.6) is 5.75 Å². The van der Waals surface area contributed by atoms with Crippen LogP contribution in [0, 0.1) is 0 Å². The molecule has 2 amide bonds. The molecule has 0 saturated heterocycles. The molecule has 9 nitrogen and oxygen atoms in total. The van der Waals surface area contributed by atoms with Crippen molar-refractivity contribution >= 4 is 23.3 Å². The van der Waals surface area contributed by atoms with Gasteiger partial charge in [-0.25, -0.2) is 0 Å². The first-order chi connectivity index (χ1) is 11.8. The second kappa shape index (κ2) is 7.22. The van der Waals surface area contributed by atoms with Gasteiger partial charge in [-0.15, -0.1) is 0 Å². The fraction of sp³-hybridized carbons (Fsp3) is 0.312. The SMILES string of the molecule is CNC(=O)CNC1=C(Nc2cccc(C(=O)N(C)C)c2O)C(=O)C1O. The zero-order valence-corrected chi connectivity index (χ0v) is 14.1. The minimum absolute atomic E-state index is 0.0288. The highest BCUT2D eigenvalue weighted by Gasteiger charge is 2.38. The average Bonchev–Trinajstić information content (AvgIpc) is 2.60. The van der Waals surface area contributed by atoms with Crippen LogP contribution in [-0.2, 0) is 9.59 Å². The summed E-state index contributed by atoms with van der Waals surface area (Å²) in [4.78, 5) is 36.5. The number of carbonyl (C=O) groups is 3. The molecule has 1 aromatic rings. The van der Waals surface area contributed by atoms with E-state index in [1.54, 1.807) is 20.2 Å². The Kier molecular flexibility index (Phi) is 5.28. The van der Waals surface area contributed by atoms with Crippen molar-refractivity contribution < 1.29 is 24.6 Å². The van der Waals surface area contributed by atoms with Gasteiger partial charge in [0.1, 0.15) is 5.70 Å². The number of rotatable bonds is 6. The Bertz CT molecular complexity index is 757. The van der Waals surface area contributed by atoms with Crippen LogP contribution in [0.2, 0.25) is 0 Å². The van der Waals surface area contributed by atoms with Gasteiger partial charge in [-0.2, -0.15) is 0 Å². The molecule has 1 aliphatic rings. The molecular weight excluding hydrogens is 328 g/mol. The lowest BCUT2D eigenvalue weighted by atomic mass is 9.94. The largest absolute Gasteiger partial charge is 0.505 e. The van der Waals surface area contributed by atoms with Crippen molar-refractivity contribution in [1.82, 2.24) is 15.5 Å². The Morgan fingerprint density at radius 2 is 1.96 bits per heavy atom. The van der Waals surface area contributed by atoms with Gasteiger partial charge in [-0.3, -0.25) is 14.4 Å². The number of amides is 2. The number of benzene rings is 1. The summed E-state index contributed by atoms with van der Waals surface area (Å²) in [5, 5.41) is 27.8. The van der Waals surface area contributed by atoms with E-state index >= 15 is 0 Å². The quantitative estimate of drug-likeness (QED) is 0.417. The van der Waals surface area contributed by atoms with E-state index in [0.29, 0.717) is 0 Å². The number of Topliss-reactive ketones (excluding diaryl/α,β-unsaturated/α-hetero) is 1. The lowest BCUT2D eigenvalue weighted by Crippen LogP contribution is -2.47. The fourth-order valence-corrected chi connectivity index (χ4v) is 2.23. The summed E-state index contributed by atoms with van der Waals surface area (Å²) < 4.78 is 0. The minimum atomic E-state index is -1.36. The molecule has 0 saturated carbocycles. The standard InChI is InChI=1S/C16H20N4O5/c1-17-10(21)7-18-11-12(15(24)14(11)23)19-9-6-4-5-8(13(9)22)16(25)20(2)3/h4-6,14,18-19,22-23H,7H2,1-3H3,(H,17,21). The third-order valence-electron chi connectivity index (χ3n) is 3.69. The van der Waals surface area contributed by atoms with Gasteiger partial charge in [0.05, 0.1) is 23.5 Å². The molecule has 5 N–H and O–H groups in total. The summed E-state index contributed by atoms with van der Waals surface area (Å²) in [5.41, 5.74) is 0.392. The molecule has 0 spiro atoms. The van der Waals surface area contributed by atoms with Crippen LogP contribution in [0.4, 0.5) is 5.69 Å². The molecular formula is C16H20N4O5. The van der Waals surface area contributed by atoms with E-state index < -0.39 is 17.8 Å². The van der Waals surface area contributed by atoms with E-state index in [2.05, 4.69) is 16.0 Å². The van der Waals surface area contributed by atoms with Crippen LogP contribution in [0.25, 0.3) is 0 Å². The highest BCUT2D eigenvalue weighted by Crippen LogP contribution is 2.32. The fourth-order valence-electron chi connectivity index (χ4n) is 2.23. The Hall–Kier alpha value is -3.07. The molecule has 1 aromatic carbocycles. The number of ketones is 1. The molecule has 0 radical (unpaired) electrons. The van der Waals surface area contributed by atoms with E-state index in [4.69, 9.17) is 0 Å². The summed E-state index contributed by atoms with van der Waals surface area (Å²) >= 11 is 0. The summed E-state index contributed by atoms with van der Waals surface area (Å²) in [6, 6.07) is 4.50. The second-order valence-electron chi connectivity index (χ2n) is 5.61. The van der Waals surface area contributed by atoms with Crippen LogP contribution in [0.1, 0.15) is 10.4 Å². The first-order valence-electron chi connectivity index (χ1n) is 7.49. The van der Waals surface area contributed by atoms with Crippen molar-refractivity contribution in [2.45, 2.75) is 6.10 Å². The van der Waals surface area contributed by atoms with Crippen molar-refractivity contribution in [2.75, 3.05) is 33.0 Å². The number of likely N-dealkylation sites (N-methyl/N-ethyl adjacent to an activating group) is 1. The van der Waals surface area contributed by atoms with Gasteiger partial charge in [-0.1, -0.05) is 6.07 Å². The van der Waals surface area contributed by atoms with Gasteiger partial charge in [0, 0.05) is 21.1 Å². The number of phenolic OH excluding ortho intramolecular Hbond substituents is 1. The van der Waals surface area contributed by atoms with Crippen molar-refractivity contribution in [3.05, 3.63) is 35.2 Å².